The molecule has 118 valence electrons. The monoisotopic (exact) mass is 315 g/mol. The lowest BCUT2D eigenvalue weighted by molar-refractivity contribution is 0.282. The zero-order chi connectivity index (χ0) is 16.5. The van der Waals surface area contributed by atoms with Crippen molar-refractivity contribution in [3.8, 4) is 22.3 Å². The summed E-state index contributed by atoms with van der Waals surface area (Å²) in [5.74, 6) is 0. The molecule has 4 heteroatoms. The van der Waals surface area contributed by atoms with Crippen molar-refractivity contribution in [3.05, 3.63) is 78.2 Å². The molecule has 0 aliphatic carbocycles. The van der Waals surface area contributed by atoms with Gasteiger partial charge in [-0.25, -0.2) is 9.50 Å². The highest BCUT2D eigenvalue weighted by atomic mass is 16.3. The third-order valence-electron chi connectivity index (χ3n) is 4.16. The van der Waals surface area contributed by atoms with Crippen LogP contribution in [-0.2, 0) is 6.61 Å². The molecule has 0 spiro atoms. The molecule has 0 aliphatic rings. The van der Waals surface area contributed by atoms with Crippen LogP contribution in [0.15, 0.2) is 67.1 Å². The molecule has 0 bridgehead atoms. The molecule has 0 amide bonds. The van der Waals surface area contributed by atoms with E-state index < -0.39 is 0 Å². The second-order valence-corrected chi connectivity index (χ2v) is 5.89. The largest absolute Gasteiger partial charge is 0.392 e. The van der Waals surface area contributed by atoms with Crippen LogP contribution in [0.2, 0.25) is 0 Å². The first-order valence-electron chi connectivity index (χ1n) is 7.85. The van der Waals surface area contributed by atoms with E-state index >= 15 is 0 Å². The molecule has 0 saturated heterocycles. The first-order valence-corrected chi connectivity index (χ1v) is 7.85. The summed E-state index contributed by atoms with van der Waals surface area (Å²) in [5, 5.41) is 13.8. The average molecular weight is 315 g/mol. The van der Waals surface area contributed by atoms with Gasteiger partial charge >= 0.3 is 0 Å². The van der Waals surface area contributed by atoms with E-state index in [2.05, 4.69) is 41.3 Å². The first kappa shape index (κ1) is 14.6. The summed E-state index contributed by atoms with van der Waals surface area (Å²) in [4.78, 5) is 4.61. The van der Waals surface area contributed by atoms with Gasteiger partial charge in [-0.15, -0.1) is 0 Å². The third-order valence-corrected chi connectivity index (χ3v) is 4.16. The maximum atomic E-state index is 9.32. The minimum atomic E-state index is 0.0258. The van der Waals surface area contributed by atoms with Gasteiger partial charge in [0.05, 0.1) is 12.8 Å². The Hall–Kier alpha value is -2.98. The zero-order valence-electron chi connectivity index (χ0n) is 13.3. The Morgan fingerprint density at radius 3 is 2.58 bits per heavy atom. The Balaban J connectivity index is 1.79. The van der Waals surface area contributed by atoms with Gasteiger partial charge in [0.2, 0.25) is 0 Å². The SMILES string of the molecule is Cc1ccc(-c2cnc3c(-c4cccc(CO)c4)cnn3c2)cc1. The van der Waals surface area contributed by atoms with E-state index in [-0.39, 0.29) is 6.61 Å². The van der Waals surface area contributed by atoms with Gasteiger partial charge in [-0.2, -0.15) is 5.10 Å². The fourth-order valence-electron chi connectivity index (χ4n) is 2.81. The molecule has 2 aromatic heterocycles. The van der Waals surface area contributed by atoms with Crippen LogP contribution >= 0.6 is 0 Å². The van der Waals surface area contributed by atoms with Crippen LogP contribution in [-0.4, -0.2) is 19.7 Å². The van der Waals surface area contributed by atoms with Crippen LogP contribution in [0.25, 0.3) is 27.9 Å². The van der Waals surface area contributed by atoms with Crippen molar-refractivity contribution in [1.82, 2.24) is 14.6 Å². The second kappa shape index (κ2) is 5.91. The Morgan fingerprint density at radius 2 is 1.79 bits per heavy atom. The Morgan fingerprint density at radius 1 is 0.958 bits per heavy atom. The van der Waals surface area contributed by atoms with E-state index in [1.807, 2.05) is 42.9 Å². The molecule has 2 heterocycles. The molecule has 4 rings (SSSR count). The summed E-state index contributed by atoms with van der Waals surface area (Å²) in [7, 11) is 0. The lowest BCUT2D eigenvalue weighted by atomic mass is 10.1. The fourth-order valence-corrected chi connectivity index (χ4v) is 2.81. The highest BCUT2D eigenvalue weighted by Crippen LogP contribution is 2.26. The Bertz CT molecular complexity index is 1000. The van der Waals surface area contributed by atoms with E-state index in [4.69, 9.17) is 0 Å². The minimum absolute atomic E-state index is 0.0258. The predicted octanol–water partition coefficient (Wildman–Crippen LogP) is 3.86. The van der Waals surface area contributed by atoms with Crippen molar-refractivity contribution in [2.24, 2.45) is 0 Å². The summed E-state index contributed by atoms with van der Waals surface area (Å²) < 4.78 is 1.80. The number of benzene rings is 2. The molecule has 2 aromatic carbocycles. The number of nitrogens with zero attached hydrogens (tertiary/aromatic N) is 3. The Kier molecular flexibility index (Phi) is 3.59. The molecule has 24 heavy (non-hydrogen) atoms. The van der Waals surface area contributed by atoms with E-state index in [1.165, 1.54) is 5.56 Å². The molecule has 0 saturated carbocycles. The number of aromatic nitrogens is 3. The third kappa shape index (κ3) is 2.57. The molecule has 1 N–H and O–H groups in total. The maximum absolute atomic E-state index is 9.32. The summed E-state index contributed by atoms with van der Waals surface area (Å²) in [5.41, 5.74) is 7.03. The summed E-state index contributed by atoms with van der Waals surface area (Å²) in [6, 6.07) is 16.2. The van der Waals surface area contributed by atoms with Crippen molar-refractivity contribution in [1.29, 1.82) is 0 Å². The van der Waals surface area contributed by atoms with Crippen LogP contribution < -0.4 is 0 Å². The molecule has 0 aliphatic heterocycles. The molecule has 0 radical (unpaired) electrons. The van der Waals surface area contributed by atoms with E-state index in [0.717, 1.165) is 33.5 Å². The van der Waals surface area contributed by atoms with Crippen molar-refractivity contribution < 1.29 is 5.11 Å². The van der Waals surface area contributed by atoms with Gasteiger partial charge in [0.15, 0.2) is 5.65 Å². The van der Waals surface area contributed by atoms with Gasteiger partial charge in [0.25, 0.3) is 0 Å². The van der Waals surface area contributed by atoms with Crippen LogP contribution in [0.4, 0.5) is 0 Å². The predicted molar refractivity (Wildman–Crippen MR) is 94.5 cm³/mol. The number of fused-ring (bicyclic) bond motifs is 1. The molecular weight excluding hydrogens is 298 g/mol. The van der Waals surface area contributed by atoms with Gasteiger partial charge in [-0.1, -0.05) is 48.0 Å². The lowest BCUT2D eigenvalue weighted by Gasteiger charge is -2.04. The van der Waals surface area contributed by atoms with Gasteiger partial charge in [-0.05, 0) is 29.7 Å². The number of aliphatic hydroxyl groups excluding tert-OH is 1. The zero-order valence-corrected chi connectivity index (χ0v) is 13.3. The van der Waals surface area contributed by atoms with Gasteiger partial charge in [-0.3, -0.25) is 0 Å². The first-order chi connectivity index (χ1) is 11.7. The highest BCUT2D eigenvalue weighted by molar-refractivity contribution is 5.78. The molecule has 4 aromatic rings. The smallest absolute Gasteiger partial charge is 0.162 e. The van der Waals surface area contributed by atoms with E-state index in [0.29, 0.717) is 0 Å². The molecule has 0 atom stereocenters. The fraction of sp³-hybridized carbons (Fsp3) is 0.100. The Labute approximate surface area is 140 Å². The molecule has 0 fully saturated rings. The molecule has 0 unspecified atom stereocenters. The van der Waals surface area contributed by atoms with Crippen LogP contribution in [0, 0.1) is 6.92 Å². The maximum Gasteiger partial charge on any atom is 0.162 e. The minimum Gasteiger partial charge on any atom is -0.392 e. The number of hydrogen-bond donors (Lipinski definition) is 1. The van der Waals surface area contributed by atoms with E-state index in [9.17, 15) is 5.11 Å². The van der Waals surface area contributed by atoms with Crippen molar-refractivity contribution in [2.75, 3.05) is 0 Å². The average Bonchev–Trinajstić information content (AvgIpc) is 3.05. The van der Waals surface area contributed by atoms with Crippen molar-refractivity contribution >= 4 is 5.65 Å². The topological polar surface area (TPSA) is 50.4 Å². The van der Waals surface area contributed by atoms with Crippen LogP contribution in [0.5, 0.6) is 0 Å². The van der Waals surface area contributed by atoms with Crippen molar-refractivity contribution in [2.45, 2.75) is 13.5 Å². The normalized spacial score (nSPS) is 11.1. The quantitative estimate of drug-likeness (QED) is 0.624. The second-order valence-electron chi connectivity index (χ2n) is 5.89. The van der Waals surface area contributed by atoms with Gasteiger partial charge < -0.3 is 5.11 Å². The lowest BCUT2D eigenvalue weighted by Crippen LogP contribution is -1.92. The summed E-state index contributed by atoms with van der Waals surface area (Å²) >= 11 is 0. The number of aliphatic hydroxyl groups is 1. The number of hydrogen-bond acceptors (Lipinski definition) is 3. The summed E-state index contributed by atoms with van der Waals surface area (Å²) in [6.45, 7) is 2.10. The highest BCUT2D eigenvalue weighted by Gasteiger charge is 2.09. The molecular formula is C20H17N3O. The van der Waals surface area contributed by atoms with Crippen LogP contribution in [0.1, 0.15) is 11.1 Å². The summed E-state index contributed by atoms with van der Waals surface area (Å²) in [6.07, 6.45) is 5.69. The standard InChI is InChI=1S/C20H17N3O/c1-14-5-7-16(8-6-14)18-10-21-20-19(11-22-23(20)12-18)17-4-2-3-15(9-17)13-24/h2-12,24H,13H2,1H3. The number of aryl methyl sites for hydroxylation is 1. The van der Waals surface area contributed by atoms with Gasteiger partial charge in [0, 0.05) is 23.5 Å². The van der Waals surface area contributed by atoms with E-state index in [1.54, 1.807) is 4.52 Å². The van der Waals surface area contributed by atoms with Crippen molar-refractivity contribution in [3.63, 3.8) is 0 Å². The van der Waals surface area contributed by atoms with Gasteiger partial charge in [0.1, 0.15) is 0 Å². The van der Waals surface area contributed by atoms with Crippen LogP contribution in [0.3, 0.4) is 0 Å². The number of rotatable bonds is 3. The molecule has 4 nitrogen and oxygen atoms in total.